The molecule has 32 heavy (non-hydrogen) atoms. The van der Waals surface area contributed by atoms with Crippen LogP contribution in [-0.2, 0) is 11.2 Å². The van der Waals surface area contributed by atoms with Crippen LogP contribution in [0.2, 0.25) is 0 Å². The molecule has 0 heterocycles. The van der Waals surface area contributed by atoms with Gasteiger partial charge in [0, 0.05) is 6.42 Å². The molecule has 0 fully saturated rings. The second-order valence-corrected chi connectivity index (χ2v) is 7.96. The smallest absolute Gasteiger partial charge is 0.343 e. The van der Waals surface area contributed by atoms with Crippen molar-refractivity contribution in [2.75, 3.05) is 13.2 Å². The molecular formula is C26H25BrO5. The summed E-state index contributed by atoms with van der Waals surface area (Å²) in [5, 5.41) is 0. The van der Waals surface area contributed by atoms with Gasteiger partial charge >= 0.3 is 11.9 Å². The summed E-state index contributed by atoms with van der Waals surface area (Å²) in [5.41, 5.74) is 1.62. The Balaban J connectivity index is 1.63. The highest BCUT2D eigenvalue weighted by atomic mass is 79.9. The first-order chi connectivity index (χ1) is 15.6. The Labute approximate surface area is 196 Å². The largest absolute Gasteiger partial charge is 0.492 e. The molecule has 5 nitrogen and oxygen atoms in total. The number of esters is 2. The molecule has 0 aliphatic carbocycles. The number of benzene rings is 3. The van der Waals surface area contributed by atoms with E-state index in [0.717, 1.165) is 18.4 Å². The van der Waals surface area contributed by atoms with E-state index in [4.69, 9.17) is 14.2 Å². The van der Waals surface area contributed by atoms with Crippen LogP contribution in [-0.4, -0.2) is 25.2 Å². The van der Waals surface area contributed by atoms with Gasteiger partial charge in [0.1, 0.15) is 17.1 Å². The van der Waals surface area contributed by atoms with Crippen LogP contribution in [0, 0.1) is 0 Å². The highest BCUT2D eigenvalue weighted by Crippen LogP contribution is 2.27. The topological polar surface area (TPSA) is 61.8 Å². The number of hydrogen-bond donors (Lipinski definition) is 0. The van der Waals surface area contributed by atoms with Gasteiger partial charge < -0.3 is 14.2 Å². The normalized spacial score (nSPS) is 10.4. The number of halogens is 1. The molecule has 0 saturated carbocycles. The van der Waals surface area contributed by atoms with Crippen molar-refractivity contribution in [2.24, 2.45) is 0 Å². The number of para-hydroxylation sites is 1. The molecule has 3 aromatic rings. The second-order valence-electron chi connectivity index (χ2n) is 7.10. The fourth-order valence-corrected chi connectivity index (χ4v) is 3.43. The van der Waals surface area contributed by atoms with Gasteiger partial charge in [-0.1, -0.05) is 55.8 Å². The number of carbonyl (C=O) groups is 2. The first-order valence-corrected chi connectivity index (χ1v) is 11.3. The Bertz CT molecular complexity index is 1050. The molecule has 0 spiro atoms. The Kier molecular flexibility index (Phi) is 8.87. The van der Waals surface area contributed by atoms with Crippen LogP contribution in [0.3, 0.4) is 0 Å². The zero-order valence-electron chi connectivity index (χ0n) is 17.9. The lowest BCUT2D eigenvalue weighted by molar-refractivity contribution is 0.0504. The molecule has 0 aliphatic rings. The molecule has 0 atom stereocenters. The third kappa shape index (κ3) is 6.69. The van der Waals surface area contributed by atoms with E-state index < -0.39 is 11.9 Å². The van der Waals surface area contributed by atoms with Crippen molar-refractivity contribution in [3.05, 3.63) is 94.0 Å². The summed E-state index contributed by atoms with van der Waals surface area (Å²) < 4.78 is 17.3. The van der Waals surface area contributed by atoms with Crippen molar-refractivity contribution in [1.29, 1.82) is 0 Å². The first kappa shape index (κ1) is 23.5. The number of carbonyl (C=O) groups excluding carboxylic acids is 2. The Morgan fingerprint density at radius 1 is 0.844 bits per heavy atom. The third-order valence-electron chi connectivity index (χ3n) is 4.70. The summed E-state index contributed by atoms with van der Waals surface area (Å²) in [4.78, 5) is 25.2. The van der Waals surface area contributed by atoms with Crippen molar-refractivity contribution in [3.63, 3.8) is 0 Å². The van der Waals surface area contributed by atoms with Crippen LogP contribution in [0.4, 0.5) is 0 Å². The minimum absolute atomic E-state index is 0.154. The lowest BCUT2D eigenvalue weighted by Crippen LogP contribution is -2.14. The number of unbranched alkanes of at least 4 members (excludes halogenated alkanes) is 1. The molecule has 3 aromatic carbocycles. The summed E-state index contributed by atoms with van der Waals surface area (Å²) in [5.74, 6) is -0.292. The van der Waals surface area contributed by atoms with Gasteiger partial charge in [0.15, 0.2) is 0 Å². The van der Waals surface area contributed by atoms with Crippen LogP contribution in [0.25, 0.3) is 0 Å². The average Bonchev–Trinajstić information content (AvgIpc) is 2.81. The van der Waals surface area contributed by atoms with Gasteiger partial charge in [0.25, 0.3) is 0 Å². The quantitative estimate of drug-likeness (QED) is 0.188. The number of hydrogen-bond acceptors (Lipinski definition) is 5. The van der Waals surface area contributed by atoms with E-state index in [1.54, 1.807) is 42.5 Å². The first-order valence-electron chi connectivity index (χ1n) is 10.5. The predicted octanol–water partition coefficient (Wildman–Crippen LogP) is 6.25. The summed E-state index contributed by atoms with van der Waals surface area (Å²) in [6.07, 6.45) is 2.60. The van der Waals surface area contributed by atoms with Gasteiger partial charge in [-0.05, 0) is 58.2 Å². The van der Waals surface area contributed by atoms with Crippen LogP contribution in [0.1, 0.15) is 46.0 Å². The number of ether oxygens (including phenoxy) is 3. The maximum Gasteiger partial charge on any atom is 0.343 e. The van der Waals surface area contributed by atoms with Gasteiger partial charge in [-0.3, -0.25) is 0 Å². The van der Waals surface area contributed by atoms with Crippen molar-refractivity contribution in [2.45, 2.75) is 26.2 Å². The maximum absolute atomic E-state index is 12.7. The second kappa shape index (κ2) is 12.1. The van der Waals surface area contributed by atoms with Crippen molar-refractivity contribution >= 4 is 27.9 Å². The van der Waals surface area contributed by atoms with E-state index in [-0.39, 0.29) is 17.9 Å². The van der Waals surface area contributed by atoms with E-state index >= 15 is 0 Å². The Morgan fingerprint density at radius 3 is 2.34 bits per heavy atom. The van der Waals surface area contributed by atoms with Crippen LogP contribution >= 0.6 is 15.9 Å². The fourth-order valence-electron chi connectivity index (χ4n) is 2.94. The van der Waals surface area contributed by atoms with Crippen LogP contribution in [0.5, 0.6) is 11.5 Å². The molecule has 0 amide bonds. The van der Waals surface area contributed by atoms with Gasteiger partial charge in [-0.15, -0.1) is 0 Å². The predicted molar refractivity (Wildman–Crippen MR) is 126 cm³/mol. The molecule has 166 valence electrons. The Hall–Kier alpha value is -3.12. The monoisotopic (exact) mass is 496 g/mol. The third-order valence-corrected chi connectivity index (χ3v) is 5.32. The molecule has 0 radical (unpaired) electrons. The maximum atomic E-state index is 12.7. The SMILES string of the molecule is CCCCOc1ccc(C(=O)Oc2ccccc2C(=O)OCCc2ccccc2)cc1Br. The summed E-state index contributed by atoms with van der Waals surface area (Å²) in [6.45, 7) is 2.94. The van der Waals surface area contributed by atoms with E-state index in [9.17, 15) is 9.59 Å². The average molecular weight is 497 g/mol. The molecule has 0 bridgehead atoms. The molecule has 6 heteroatoms. The molecular weight excluding hydrogens is 472 g/mol. The minimum atomic E-state index is -0.574. The molecule has 0 aromatic heterocycles. The van der Waals surface area contributed by atoms with E-state index in [1.807, 2.05) is 30.3 Å². The highest BCUT2D eigenvalue weighted by molar-refractivity contribution is 9.10. The van der Waals surface area contributed by atoms with Crippen molar-refractivity contribution < 1.29 is 23.8 Å². The zero-order valence-corrected chi connectivity index (χ0v) is 19.5. The summed E-state index contributed by atoms with van der Waals surface area (Å²) in [7, 11) is 0. The fraction of sp³-hybridized carbons (Fsp3) is 0.231. The lowest BCUT2D eigenvalue weighted by Gasteiger charge is -2.11. The van der Waals surface area contributed by atoms with Crippen LogP contribution < -0.4 is 9.47 Å². The van der Waals surface area contributed by atoms with Crippen LogP contribution in [0.15, 0.2) is 77.3 Å². The molecule has 0 aliphatic heterocycles. The highest BCUT2D eigenvalue weighted by Gasteiger charge is 2.18. The number of rotatable bonds is 10. The molecule has 0 unspecified atom stereocenters. The molecule has 0 N–H and O–H groups in total. The Morgan fingerprint density at radius 2 is 1.59 bits per heavy atom. The van der Waals surface area contributed by atoms with Crippen molar-refractivity contribution in [1.82, 2.24) is 0 Å². The standard InChI is InChI=1S/C26H25BrO5/c1-2-3-16-30-24-14-13-20(18-22(24)27)25(28)32-23-12-8-7-11-21(23)26(29)31-17-15-19-9-5-4-6-10-19/h4-14,18H,2-3,15-17H2,1H3. The zero-order chi connectivity index (χ0) is 22.8. The van der Waals surface area contributed by atoms with Gasteiger partial charge in [0.2, 0.25) is 0 Å². The van der Waals surface area contributed by atoms with Gasteiger partial charge in [-0.25, -0.2) is 9.59 Å². The summed E-state index contributed by atoms with van der Waals surface area (Å²) in [6, 6.07) is 21.3. The lowest BCUT2D eigenvalue weighted by atomic mass is 10.1. The van der Waals surface area contributed by atoms with Crippen molar-refractivity contribution in [3.8, 4) is 11.5 Å². The van der Waals surface area contributed by atoms with E-state index in [1.165, 1.54) is 0 Å². The van der Waals surface area contributed by atoms with Gasteiger partial charge in [0.05, 0.1) is 23.2 Å². The molecule has 0 saturated heterocycles. The summed E-state index contributed by atoms with van der Waals surface area (Å²) >= 11 is 3.43. The van der Waals surface area contributed by atoms with E-state index in [2.05, 4.69) is 22.9 Å². The molecule has 3 rings (SSSR count). The van der Waals surface area contributed by atoms with Gasteiger partial charge in [-0.2, -0.15) is 0 Å². The minimum Gasteiger partial charge on any atom is -0.492 e. The van der Waals surface area contributed by atoms with E-state index in [0.29, 0.717) is 28.8 Å².